The molecule has 0 aliphatic heterocycles. The van der Waals surface area contributed by atoms with Crippen LogP contribution in [0.3, 0.4) is 0 Å². The van der Waals surface area contributed by atoms with Gasteiger partial charge in [0, 0.05) is 18.8 Å². The molecule has 0 aromatic heterocycles. The lowest BCUT2D eigenvalue weighted by molar-refractivity contribution is 0.452. The lowest BCUT2D eigenvalue weighted by atomic mass is 10.1. The van der Waals surface area contributed by atoms with Gasteiger partial charge in [-0.1, -0.05) is 38.8 Å². The maximum atomic E-state index is 11.4. The van der Waals surface area contributed by atoms with E-state index in [0.29, 0.717) is 10.9 Å². The molecular weight excluding hydrogens is 258 g/mol. The summed E-state index contributed by atoms with van der Waals surface area (Å²) in [6, 6.07) is 7.68. The molecule has 108 valence electrons. The Balaban J connectivity index is 2.53. The number of nitrogens with one attached hydrogen (secondary N) is 1. The van der Waals surface area contributed by atoms with Crippen LogP contribution in [0.15, 0.2) is 29.2 Å². The van der Waals surface area contributed by atoms with E-state index in [2.05, 4.69) is 19.2 Å². The molecule has 1 rings (SSSR count). The Bertz CT molecular complexity index is 465. The quantitative estimate of drug-likeness (QED) is 0.797. The highest BCUT2D eigenvalue weighted by atomic mass is 32.2. The van der Waals surface area contributed by atoms with Crippen molar-refractivity contribution in [2.45, 2.75) is 57.0 Å². The molecule has 0 saturated carbocycles. The van der Waals surface area contributed by atoms with Crippen molar-refractivity contribution in [1.29, 1.82) is 0 Å². The highest BCUT2D eigenvalue weighted by Crippen LogP contribution is 2.11. The SMILES string of the molecule is CCCCC(CC)NCc1ccc(S(C)(=O)=O)cc1. The van der Waals surface area contributed by atoms with Gasteiger partial charge in [0.25, 0.3) is 0 Å². The van der Waals surface area contributed by atoms with E-state index in [1.165, 1.54) is 25.5 Å². The van der Waals surface area contributed by atoms with Crippen LogP contribution in [0, 0.1) is 0 Å². The summed E-state index contributed by atoms with van der Waals surface area (Å²) in [6.45, 7) is 5.20. The van der Waals surface area contributed by atoms with Gasteiger partial charge in [-0.2, -0.15) is 0 Å². The summed E-state index contributed by atoms with van der Waals surface area (Å²) in [5, 5.41) is 3.53. The zero-order chi connectivity index (χ0) is 14.3. The predicted molar refractivity (Wildman–Crippen MR) is 80.0 cm³/mol. The third-order valence-electron chi connectivity index (χ3n) is 3.35. The standard InChI is InChI=1S/C15H25NO2S/c1-4-6-7-14(5-2)16-12-13-8-10-15(11-9-13)19(3,17)18/h8-11,14,16H,4-7,12H2,1-3H3. The average molecular weight is 283 g/mol. The topological polar surface area (TPSA) is 46.2 Å². The van der Waals surface area contributed by atoms with Crippen molar-refractivity contribution in [2.24, 2.45) is 0 Å². The summed E-state index contributed by atoms with van der Waals surface area (Å²) < 4.78 is 22.7. The average Bonchev–Trinajstić information content (AvgIpc) is 2.38. The van der Waals surface area contributed by atoms with Crippen LogP contribution >= 0.6 is 0 Å². The molecule has 1 aromatic rings. The van der Waals surface area contributed by atoms with E-state index < -0.39 is 9.84 Å². The molecular formula is C15H25NO2S. The Morgan fingerprint density at radius 3 is 2.26 bits per heavy atom. The molecule has 0 radical (unpaired) electrons. The summed E-state index contributed by atoms with van der Waals surface area (Å²) in [5.41, 5.74) is 1.13. The monoisotopic (exact) mass is 283 g/mol. The van der Waals surface area contributed by atoms with Crippen molar-refractivity contribution < 1.29 is 8.42 Å². The molecule has 1 aromatic carbocycles. The first-order chi connectivity index (χ1) is 8.97. The van der Waals surface area contributed by atoms with Crippen LogP contribution in [0.5, 0.6) is 0 Å². The fourth-order valence-corrected chi connectivity index (χ4v) is 2.65. The maximum Gasteiger partial charge on any atom is 0.175 e. The van der Waals surface area contributed by atoms with Gasteiger partial charge in [0.15, 0.2) is 9.84 Å². The first-order valence-electron chi connectivity index (χ1n) is 6.99. The highest BCUT2D eigenvalue weighted by Gasteiger charge is 2.07. The van der Waals surface area contributed by atoms with E-state index in [-0.39, 0.29) is 0 Å². The van der Waals surface area contributed by atoms with Crippen molar-refractivity contribution in [3.8, 4) is 0 Å². The molecule has 0 aliphatic rings. The normalized spacial score (nSPS) is 13.4. The third kappa shape index (κ3) is 5.74. The van der Waals surface area contributed by atoms with Crippen molar-refractivity contribution >= 4 is 9.84 Å². The van der Waals surface area contributed by atoms with Crippen LogP contribution in [-0.2, 0) is 16.4 Å². The van der Waals surface area contributed by atoms with Gasteiger partial charge in [-0.05, 0) is 30.5 Å². The Morgan fingerprint density at radius 1 is 1.16 bits per heavy atom. The smallest absolute Gasteiger partial charge is 0.175 e. The summed E-state index contributed by atoms with van der Waals surface area (Å²) in [6.07, 6.45) is 6.04. The summed E-state index contributed by atoms with van der Waals surface area (Å²) in [4.78, 5) is 0.384. The van der Waals surface area contributed by atoms with Crippen LogP contribution < -0.4 is 5.32 Å². The minimum absolute atomic E-state index is 0.384. The largest absolute Gasteiger partial charge is 0.310 e. The van der Waals surface area contributed by atoms with Gasteiger partial charge in [0.1, 0.15) is 0 Å². The minimum atomic E-state index is -3.09. The zero-order valence-electron chi connectivity index (χ0n) is 12.1. The van der Waals surface area contributed by atoms with E-state index in [1.54, 1.807) is 12.1 Å². The van der Waals surface area contributed by atoms with Crippen molar-refractivity contribution in [3.05, 3.63) is 29.8 Å². The molecule has 3 nitrogen and oxygen atoms in total. The molecule has 4 heteroatoms. The molecule has 0 aliphatic carbocycles. The van der Waals surface area contributed by atoms with E-state index in [4.69, 9.17) is 0 Å². The van der Waals surface area contributed by atoms with Crippen LogP contribution in [0.4, 0.5) is 0 Å². The van der Waals surface area contributed by atoms with Gasteiger partial charge in [0.2, 0.25) is 0 Å². The van der Waals surface area contributed by atoms with Crippen molar-refractivity contribution in [3.63, 3.8) is 0 Å². The van der Waals surface area contributed by atoms with Crippen molar-refractivity contribution in [2.75, 3.05) is 6.26 Å². The third-order valence-corrected chi connectivity index (χ3v) is 4.47. The van der Waals surface area contributed by atoms with E-state index in [0.717, 1.165) is 18.5 Å². The number of unbranched alkanes of at least 4 members (excludes halogenated alkanes) is 1. The fourth-order valence-electron chi connectivity index (χ4n) is 2.02. The molecule has 0 amide bonds. The van der Waals surface area contributed by atoms with Crippen LogP contribution in [0.1, 0.15) is 45.1 Å². The van der Waals surface area contributed by atoms with Crippen LogP contribution in [-0.4, -0.2) is 20.7 Å². The Kier molecular flexibility index (Phi) is 6.52. The van der Waals surface area contributed by atoms with Gasteiger partial charge in [-0.25, -0.2) is 8.42 Å². The maximum absolute atomic E-state index is 11.4. The second-order valence-corrected chi connectivity index (χ2v) is 7.06. The molecule has 0 fully saturated rings. The molecule has 0 bridgehead atoms. The Hall–Kier alpha value is -0.870. The molecule has 1 atom stereocenters. The Labute approximate surface area is 117 Å². The van der Waals surface area contributed by atoms with Gasteiger partial charge >= 0.3 is 0 Å². The van der Waals surface area contributed by atoms with Crippen molar-refractivity contribution in [1.82, 2.24) is 5.32 Å². The molecule has 0 saturated heterocycles. The zero-order valence-corrected chi connectivity index (χ0v) is 13.0. The summed E-state index contributed by atoms with van der Waals surface area (Å²) in [5.74, 6) is 0. The lowest BCUT2D eigenvalue weighted by Gasteiger charge is -2.16. The number of hydrogen-bond donors (Lipinski definition) is 1. The van der Waals surface area contributed by atoms with Gasteiger partial charge < -0.3 is 5.32 Å². The molecule has 1 unspecified atom stereocenters. The second kappa shape index (κ2) is 7.65. The lowest BCUT2D eigenvalue weighted by Crippen LogP contribution is -2.27. The minimum Gasteiger partial charge on any atom is -0.310 e. The van der Waals surface area contributed by atoms with E-state index >= 15 is 0 Å². The second-order valence-electron chi connectivity index (χ2n) is 5.04. The molecule has 19 heavy (non-hydrogen) atoms. The summed E-state index contributed by atoms with van der Waals surface area (Å²) >= 11 is 0. The summed E-state index contributed by atoms with van der Waals surface area (Å²) in [7, 11) is -3.09. The van der Waals surface area contributed by atoms with Gasteiger partial charge in [0.05, 0.1) is 4.90 Å². The number of sulfone groups is 1. The highest BCUT2D eigenvalue weighted by molar-refractivity contribution is 7.90. The molecule has 0 spiro atoms. The van der Waals surface area contributed by atoms with Gasteiger partial charge in [-0.15, -0.1) is 0 Å². The fraction of sp³-hybridized carbons (Fsp3) is 0.600. The first kappa shape index (κ1) is 16.2. The predicted octanol–water partition coefficient (Wildman–Crippen LogP) is 3.15. The molecule has 1 N–H and O–H groups in total. The van der Waals surface area contributed by atoms with Gasteiger partial charge in [-0.3, -0.25) is 0 Å². The van der Waals surface area contributed by atoms with Crippen LogP contribution in [0.25, 0.3) is 0 Å². The number of rotatable bonds is 8. The first-order valence-corrected chi connectivity index (χ1v) is 8.88. The van der Waals surface area contributed by atoms with E-state index in [1.807, 2.05) is 12.1 Å². The van der Waals surface area contributed by atoms with E-state index in [9.17, 15) is 8.42 Å². The van der Waals surface area contributed by atoms with Crippen LogP contribution in [0.2, 0.25) is 0 Å². The number of hydrogen-bond acceptors (Lipinski definition) is 3. The Morgan fingerprint density at radius 2 is 1.79 bits per heavy atom. The number of benzene rings is 1. The molecule has 0 heterocycles.